The quantitative estimate of drug-likeness (QED) is 0.604. The predicted molar refractivity (Wildman–Crippen MR) is 47.0 cm³/mol. The van der Waals surface area contributed by atoms with Crippen molar-refractivity contribution >= 4 is 11.9 Å². The fraction of sp³-hybridized carbons (Fsp3) is 0.778. The van der Waals surface area contributed by atoms with Crippen molar-refractivity contribution in [3.8, 4) is 0 Å². The summed E-state index contributed by atoms with van der Waals surface area (Å²) in [6.45, 7) is 5.32. The summed E-state index contributed by atoms with van der Waals surface area (Å²) >= 11 is 0. The highest BCUT2D eigenvalue weighted by Crippen LogP contribution is 2.35. The molecule has 13 heavy (non-hydrogen) atoms. The van der Waals surface area contributed by atoms with Gasteiger partial charge in [0.05, 0.1) is 7.11 Å². The van der Waals surface area contributed by atoms with Crippen molar-refractivity contribution in [2.75, 3.05) is 7.11 Å². The number of ether oxygens (including phenoxy) is 1. The highest BCUT2D eigenvalue weighted by atomic mass is 16.5. The molecular weight excluding hydrogens is 170 g/mol. The van der Waals surface area contributed by atoms with Crippen LogP contribution >= 0.6 is 0 Å². The first-order valence-electron chi connectivity index (χ1n) is 4.23. The molecule has 1 rings (SSSR count). The zero-order valence-corrected chi connectivity index (χ0v) is 8.43. The Bertz CT molecular complexity index is 260. The summed E-state index contributed by atoms with van der Waals surface area (Å²) in [6.07, 6.45) is 0.478. The van der Waals surface area contributed by atoms with Crippen molar-refractivity contribution in [3.63, 3.8) is 0 Å². The molecule has 0 saturated carbocycles. The van der Waals surface area contributed by atoms with Crippen molar-refractivity contribution in [3.05, 3.63) is 0 Å². The molecule has 0 aliphatic carbocycles. The minimum absolute atomic E-state index is 0.0969. The lowest BCUT2D eigenvalue weighted by Crippen LogP contribution is -2.46. The van der Waals surface area contributed by atoms with Crippen LogP contribution in [0.5, 0.6) is 0 Å². The van der Waals surface area contributed by atoms with E-state index in [2.05, 4.69) is 10.1 Å². The van der Waals surface area contributed by atoms with Crippen molar-refractivity contribution in [1.29, 1.82) is 0 Å². The van der Waals surface area contributed by atoms with E-state index in [0.717, 1.165) is 0 Å². The Balaban J connectivity index is 2.88. The SMILES string of the molecule is COC(=O)[C@]1(C)CC(C)(C)C(=O)N1. The number of carbonyl (C=O) groups is 2. The molecule has 0 bridgehead atoms. The van der Waals surface area contributed by atoms with Crippen LogP contribution in [-0.2, 0) is 14.3 Å². The molecule has 74 valence electrons. The standard InChI is InChI=1S/C9H15NO3/c1-8(2)5-9(3,7(12)13-4)10-6(8)11/h5H2,1-4H3,(H,10,11)/t9-/m0/s1. The summed E-state index contributed by atoms with van der Waals surface area (Å²) < 4.78 is 4.63. The molecule has 4 heteroatoms. The summed E-state index contributed by atoms with van der Waals surface area (Å²) in [5.74, 6) is -0.480. The Hall–Kier alpha value is -1.06. The van der Waals surface area contributed by atoms with Crippen LogP contribution in [-0.4, -0.2) is 24.5 Å². The molecule has 1 amide bonds. The minimum Gasteiger partial charge on any atom is -0.467 e. The minimum atomic E-state index is -0.852. The molecule has 0 radical (unpaired) electrons. The molecule has 1 aliphatic rings. The van der Waals surface area contributed by atoms with E-state index < -0.39 is 11.0 Å². The van der Waals surface area contributed by atoms with Gasteiger partial charge in [0.1, 0.15) is 5.54 Å². The first-order valence-corrected chi connectivity index (χ1v) is 4.23. The second-order valence-electron chi connectivity index (χ2n) is 4.34. The number of hydrogen-bond donors (Lipinski definition) is 1. The maximum absolute atomic E-state index is 11.4. The zero-order valence-electron chi connectivity index (χ0n) is 8.43. The van der Waals surface area contributed by atoms with E-state index in [4.69, 9.17) is 0 Å². The molecule has 1 N–H and O–H groups in total. The zero-order chi connectivity index (χ0) is 10.3. The average molecular weight is 185 g/mol. The van der Waals surface area contributed by atoms with Crippen molar-refractivity contribution < 1.29 is 14.3 Å². The monoisotopic (exact) mass is 185 g/mol. The number of methoxy groups -OCH3 is 1. The first-order chi connectivity index (χ1) is 5.82. The predicted octanol–water partition coefficient (Wildman–Crippen LogP) is 0.464. The normalized spacial score (nSPS) is 31.2. The lowest BCUT2D eigenvalue weighted by atomic mass is 9.84. The van der Waals surface area contributed by atoms with E-state index in [9.17, 15) is 9.59 Å². The maximum atomic E-state index is 11.4. The smallest absolute Gasteiger partial charge is 0.331 e. The van der Waals surface area contributed by atoms with E-state index in [1.165, 1.54) is 7.11 Å². The number of esters is 1. The first kappa shape index (κ1) is 10.0. The van der Waals surface area contributed by atoms with Gasteiger partial charge in [-0.25, -0.2) is 4.79 Å². The van der Waals surface area contributed by atoms with Crippen LogP contribution in [0, 0.1) is 5.41 Å². The van der Waals surface area contributed by atoms with E-state index in [-0.39, 0.29) is 11.9 Å². The fourth-order valence-corrected chi connectivity index (χ4v) is 1.78. The molecule has 1 saturated heterocycles. The number of hydrogen-bond acceptors (Lipinski definition) is 3. The average Bonchev–Trinajstić information content (AvgIpc) is 2.21. The van der Waals surface area contributed by atoms with Gasteiger partial charge < -0.3 is 10.1 Å². The molecule has 0 unspecified atom stereocenters. The molecule has 0 aromatic carbocycles. The third-order valence-corrected chi connectivity index (χ3v) is 2.44. The van der Waals surface area contributed by atoms with E-state index in [1.54, 1.807) is 6.92 Å². The van der Waals surface area contributed by atoms with Gasteiger partial charge in [-0.15, -0.1) is 0 Å². The Kier molecular flexibility index (Phi) is 2.10. The molecule has 0 spiro atoms. The molecular formula is C9H15NO3. The Morgan fingerprint density at radius 2 is 2.00 bits per heavy atom. The second-order valence-corrected chi connectivity index (χ2v) is 4.34. The largest absolute Gasteiger partial charge is 0.467 e. The molecule has 4 nitrogen and oxygen atoms in total. The fourth-order valence-electron chi connectivity index (χ4n) is 1.78. The molecule has 0 aromatic rings. The Morgan fingerprint density at radius 1 is 1.46 bits per heavy atom. The van der Waals surface area contributed by atoms with Gasteiger partial charge in [-0.1, -0.05) is 13.8 Å². The summed E-state index contributed by atoms with van der Waals surface area (Å²) in [7, 11) is 1.32. The summed E-state index contributed by atoms with van der Waals surface area (Å²) in [5.41, 5.74) is -1.34. The van der Waals surface area contributed by atoms with Gasteiger partial charge in [-0.3, -0.25) is 4.79 Å². The number of rotatable bonds is 1. The van der Waals surface area contributed by atoms with Gasteiger partial charge in [-0.05, 0) is 13.3 Å². The van der Waals surface area contributed by atoms with E-state index in [1.807, 2.05) is 13.8 Å². The third kappa shape index (κ3) is 1.53. The molecule has 1 aliphatic heterocycles. The molecule has 1 fully saturated rings. The van der Waals surface area contributed by atoms with Crippen LogP contribution in [0.1, 0.15) is 27.2 Å². The van der Waals surface area contributed by atoms with Gasteiger partial charge in [0.25, 0.3) is 0 Å². The van der Waals surface area contributed by atoms with Crippen LogP contribution in [0.2, 0.25) is 0 Å². The van der Waals surface area contributed by atoms with Gasteiger partial charge in [0.15, 0.2) is 0 Å². The van der Waals surface area contributed by atoms with Crippen LogP contribution in [0.3, 0.4) is 0 Å². The van der Waals surface area contributed by atoms with Gasteiger partial charge in [0.2, 0.25) is 5.91 Å². The van der Waals surface area contributed by atoms with Crippen molar-refractivity contribution in [1.82, 2.24) is 5.32 Å². The topological polar surface area (TPSA) is 55.4 Å². The number of nitrogens with one attached hydrogen (secondary N) is 1. The maximum Gasteiger partial charge on any atom is 0.331 e. The van der Waals surface area contributed by atoms with E-state index in [0.29, 0.717) is 6.42 Å². The summed E-state index contributed by atoms with van der Waals surface area (Å²) in [5, 5.41) is 2.66. The Morgan fingerprint density at radius 3 is 2.31 bits per heavy atom. The lowest BCUT2D eigenvalue weighted by molar-refractivity contribution is -0.148. The molecule has 0 aromatic heterocycles. The summed E-state index contributed by atoms with van der Waals surface area (Å²) in [4.78, 5) is 22.7. The van der Waals surface area contributed by atoms with Gasteiger partial charge >= 0.3 is 5.97 Å². The van der Waals surface area contributed by atoms with Crippen LogP contribution < -0.4 is 5.32 Å². The highest BCUT2D eigenvalue weighted by Gasteiger charge is 2.51. The Labute approximate surface area is 77.6 Å². The third-order valence-electron chi connectivity index (χ3n) is 2.44. The van der Waals surface area contributed by atoms with Gasteiger partial charge in [-0.2, -0.15) is 0 Å². The number of amides is 1. The van der Waals surface area contributed by atoms with E-state index >= 15 is 0 Å². The van der Waals surface area contributed by atoms with Crippen LogP contribution in [0.25, 0.3) is 0 Å². The molecule has 1 atom stereocenters. The second kappa shape index (κ2) is 2.72. The van der Waals surface area contributed by atoms with Crippen LogP contribution in [0.4, 0.5) is 0 Å². The van der Waals surface area contributed by atoms with Crippen molar-refractivity contribution in [2.45, 2.75) is 32.7 Å². The molecule has 1 heterocycles. The van der Waals surface area contributed by atoms with Crippen LogP contribution in [0.15, 0.2) is 0 Å². The summed E-state index contributed by atoms with van der Waals surface area (Å²) in [6, 6.07) is 0. The van der Waals surface area contributed by atoms with Crippen molar-refractivity contribution in [2.24, 2.45) is 5.41 Å². The lowest BCUT2D eigenvalue weighted by Gasteiger charge is -2.21. The highest BCUT2D eigenvalue weighted by molar-refractivity contribution is 5.94. The van der Waals surface area contributed by atoms with Gasteiger partial charge in [0, 0.05) is 5.41 Å². The number of carbonyl (C=O) groups excluding carboxylic acids is 2.